The van der Waals surface area contributed by atoms with Crippen LogP contribution in [0.4, 0.5) is 0 Å². The van der Waals surface area contributed by atoms with Gasteiger partial charge in [0.15, 0.2) is 0 Å². The number of rotatable bonds is 1. The lowest BCUT2D eigenvalue weighted by Gasteiger charge is -1.93. The molecule has 0 saturated carbocycles. The lowest BCUT2D eigenvalue weighted by atomic mass is 10.1. The van der Waals surface area contributed by atoms with E-state index in [4.69, 9.17) is 5.26 Å². The van der Waals surface area contributed by atoms with Gasteiger partial charge in [-0.1, -0.05) is 12.1 Å². The summed E-state index contributed by atoms with van der Waals surface area (Å²) in [5.41, 5.74) is 2.87. The molecule has 0 fully saturated rings. The fourth-order valence-corrected chi connectivity index (χ4v) is 1.25. The first-order chi connectivity index (χ1) is 5.92. The number of hydrogen-bond acceptors (Lipinski definition) is 2. The molecule has 0 radical (unpaired) electrons. The van der Waals surface area contributed by atoms with Gasteiger partial charge in [0, 0.05) is 0 Å². The van der Waals surface area contributed by atoms with E-state index in [-0.39, 0.29) is 0 Å². The van der Waals surface area contributed by atoms with Crippen molar-refractivity contribution < 1.29 is 0 Å². The first kappa shape index (κ1) is 6.86. The van der Waals surface area contributed by atoms with Gasteiger partial charge < -0.3 is 4.98 Å². The van der Waals surface area contributed by atoms with Crippen LogP contribution in [0.15, 0.2) is 24.5 Å². The molecule has 0 spiro atoms. The molecule has 1 heterocycles. The third kappa shape index (κ3) is 0.940. The number of hydrogen-bond donors (Lipinski definition) is 1. The zero-order valence-corrected chi connectivity index (χ0v) is 6.41. The van der Waals surface area contributed by atoms with Gasteiger partial charge in [-0.3, -0.25) is 0 Å². The number of imidazole rings is 1. The Hall–Kier alpha value is -1.82. The minimum absolute atomic E-state index is 0.419. The van der Waals surface area contributed by atoms with Crippen molar-refractivity contribution in [1.29, 1.82) is 5.26 Å². The Balaban J connectivity index is 2.67. The van der Waals surface area contributed by atoms with Crippen molar-refractivity contribution in [3.05, 3.63) is 30.1 Å². The number of para-hydroxylation sites is 1. The molecule has 12 heavy (non-hydrogen) atoms. The van der Waals surface area contributed by atoms with Crippen molar-refractivity contribution >= 4 is 11.0 Å². The second kappa shape index (κ2) is 2.67. The highest BCUT2D eigenvalue weighted by Gasteiger charge is 2.00. The van der Waals surface area contributed by atoms with Gasteiger partial charge in [0.25, 0.3) is 0 Å². The molecule has 0 bridgehead atoms. The topological polar surface area (TPSA) is 52.5 Å². The number of nitriles is 1. The van der Waals surface area contributed by atoms with Crippen LogP contribution in [0.3, 0.4) is 0 Å². The molecule has 0 aliphatic carbocycles. The zero-order valence-electron chi connectivity index (χ0n) is 6.41. The molecule has 1 N–H and O–H groups in total. The summed E-state index contributed by atoms with van der Waals surface area (Å²) in [4.78, 5) is 7.13. The first-order valence-corrected chi connectivity index (χ1v) is 3.70. The predicted octanol–water partition coefficient (Wildman–Crippen LogP) is 1.63. The van der Waals surface area contributed by atoms with Gasteiger partial charge >= 0.3 is 0 Å². The second-order valence-corrected chi connectivity index (χ2v) is 2.55. The van der Waals surface area contributed by atoms with E-state index in [1.54, 1.807) is 6.33 Å². The van der Waals surface area contributed by atoms with E-state index in [0.29, 0.717) is 6.42 Å². The molecule has 58 valence electrons. The smallest absolute Gasteiger partial charge is 0.0932 e. The summed E-state index contributed by atoms with van der Waals surface area (Å²) in [6.07, 6.45) is 2.06. The molecule has 2 aromatic rings. The molecule has 2 rings (SSSR count). The maximum absolute atomic E-state index is 8.53. The summed E-state index contributed by atoms with van der Waals surface area (Å²) in [7, 11) is 0. The highest BCUT2D eigenvalue weighted by Crippen LogP contribution is 2.14. The lowest BCUT2D eigenvalue weighted by Crippen LogP contribution is -1.82. The summed E-state index contributed by atoms with van der Waals surface area (Å²) in [6, 6.07) is 7.91. The molecule has 1 aromatic carbocycles. The first-order valence-electron chi connectivity index (χ1n) is 3.70. The number of aromatic nitrogens is 2. The molecule has 0 aliphatic heterocycles. The van der Waals surface area contributed by atoms with Gasteiger partial charge in [-0.25, -0.2) is 4.98 Å². The van der Waals surface area contributed by atoms with Gasteiger partial charge in [0.05, 0.1) is 29.9 Å². The van der Waals surface area contributed by atoms with Crippen molar-refractivity contribution in [2.75, 3.05) is 0 Å². The van der Waals surface area contributed by atoms with Gasteiger partial charge in [-0.05, 0) is 11.6 Å². The maximum Gasteiger partial charge on any atom is 0.0932 e. The van der Waals surface area contributed by atoms with Crippen LogP contribution < -0.4 is 0 Å². The van der Waals surface area contributed by atoms with E-state index in [1.807, 2.05) is 18.2 Å². The molecule has 0 unspecified atom stereocenters. The quantitative estimate of drug-likeness (QED) is 0.684. The Bertz CT molecular complexity index is 436. The van der Waals surface area contributed by atoms with Gasteiger partial charge in [0.1, 0.15) is 0 Å². The number of benzene rings is 1. The Labute approximate surface area is 69.7 Å². The van der Waals surface area contributed by atoms with Crippen LogP contribution in [0.25, 0.3) is 11.0 Å². The zero-order chi connectivity index (χ0) is 8.39. The van der Waals surface area contributed by atoms with E-state index < -0.39 is 0 Å². The highest BCUT2D eigenvalue weighted by molar-refractivity contribution is 5.78. The number of fused-ring (bicyclic) bond motifs is 1. The third-order valence-electron chi connectivity index (χ3n) is 1.80. The Morgan fingerprint density at radius 3 is 3.25 bits per heavy atom. The molecule has 3 nitrogen and oxygen atoms in total. The molecular weight excluding hydrogens is 150 g/mol. The molecule has 0 amide bonds. The third-order valence-corrected chi connectivity index (χ3v) is 1.80. The molecular formula is C9H7N3. The van der Waals surface area contributed by atoms with Gasteiger partial charge in [-0.15, -0.1) is 0 Å². The van der Waals surface area contributed by atoms with Crippen molar-refractivity contribution in [2.45, 2.75) is 6.42 Å². The molecule has 0 atom stereocenters. The summed E-state index contributed by atoms with van der Waals surface area (Å²) in [6.45, 7) is 0. The fraction of sp³-hybridized carbons (Fsp3) is 0.111. The maximum atomic E-state index is 8.53. The minimum Gasteiger partial charge on any atom is -0.345 e. The standard InChI is InChI=1S/C9H7N3/c10-5-4-7-2-1-3-8-9(7)12-6-11-8/h1-3,6H,4H2,(H,11,12). The van der Waals surface area contributed by atoms with Crippen LogP contribution in [0.2, 0.25) is 0 Å². The summed E-state index contributed by atoms with van der Waals surface area (Å²) in [5.74, 6) is 0. The van der Waals surface area contributed by atoms with Crippen LogP contribution in [-0.2, 0) is 6.42 Å². The van der Waals surface area contributed by atoms with Gasteiger partial charge in [-0.2, -0.15) is 5.26 Å². The van der Waals surface area contributed by atoms with Crippen LogP contribution in [0.5, 0.6) is 0 Å². The monoisotopic (exact) mass is 157 g/mol. The van der Waals surface area contributed by atoms with E-state index in [1.165, 1.54) is 0 Å². The summed E-state index contributed by atoms with van der Waals surface area (Å²) >= 11 is 0. The number of aromatic amines is 1. The largest absolute Gasteiger partial charge is 0.345 e. The SMILES string of the molecule is N#CCc1cccc2[nH]cnc12. The number of nitrogens with one attached hydrogen (secondary N) is 1. The lowest BCUT2D eigenvalue weighted by molar-refractivity contribution is 1.26. The van der Waals surface area contributed by atoms with E-state index in [0.717, 1.165) is 16.6 Å². The van der Waals surface area contributed by atoms with Crippen molar-refractivity contribution in [1.82, 2.24) is 9.97 Å². The minimum atomic E-state index is 0.419. The molecule has 0 saturated heterocycles. The fourth-order valence-electron chi connectivity index (χ4n) is 1.25. The van der Waals surface area contributed by atoms with Crippen molar-refractivity contribution in [3.8, 4) is 6.07 Å². The van der Waals surface area contributed by atoms with Crippen LogP contribution >= 0.6 is 0 Å². The highest BCUT2D eigenvalue weighted by atomic mass is 14.9. The molecule has 0 aliphatic rings. The molecule has 1 aromatic heterocycles. The summed E-state index contributed by atoms with van der Waals surface area (Å²) in [5, 5.41) is 8.53. The normalized spacial score (nSPS) is 9.92. The summed E-state index contributed by atoms with van der Waals surface area (Å²) < 4.78 is 0. The van der Waals surface area contributed by atoms with Crippen molar-refractivity contribution in [2.24, 2.45) is 0 Å². The van der Waals surface area contributed by atoms with Crippen molar-refractivity contribution in [3.63, 3.8) is 0 Å². The number of nitrogens with zero attached hydrogens (tertiary/aromatic N) is 2. The predicted molar refractivity (Wildman–Crippen MR) is 45.4 cm³/mol. The van der Waals surface area contributed by atoms with Crippen LogP contribution in [-0.4, -0.2) is 9.97 Å². The van der Waals surface area contributed by atoms with E-state index >= 15 is 0 Å². The Kier molecular flexibility index (Phi) is 1.52. The van der Waals surface area contributed by atoms with E-state index in [9.17, 15) is 0 Å². The van der Waals surface area contributed by atoms with E-state index in [2.05, 4.69) is 16.0 Å². The Morgan fingerprint density at radius 2 is 2.42 bits per heavy atom. The number of H-pyrrole nitrogens is 1. The van der Waals surface area contributed by atoms with Crippen LogP contribution in [0.1, 0.15) is 5.56 Å². The second-order valence-electron chi connectivity index (χ2n) is 2.55. The average molecular weight is 157 g/mol. The average Bonchev–Trinajstić information content (AvgIpc) is 2.53. The van der Waals surface area contributed by atoms with Gasteiger partial charge in [0.2, 0.25) is 0 Å². The van der Waals surface area contributed by atoms with Crippen LogP contribution in [0, 0.1) is 11.3 Å². The molecule has 3 heteroatoms. The Morgan fingerprint density at radius 1 is 1.50 bits per heavy atom.